The Hall–Kier alpha value is -2.14. The Morgan fingerprint density at radius 2 is 1.81 bits per heavy atom. The van der Waals surface area contributed by atoms with Crippen molar-refractivity contribution < 1.29 is 18.3 Å². The van der Waals surface area contributed by atoms with E-state index < -0.39 is 22.0 Å². The monoisotopic (exact) mass is 391 g/mol. The first-order chi connectivity index (χ1) is 12.2. The van der Waals surface area contributed by atoms with Crippen LogP contribution in [-0.2, 0) is 21.2 Å². The molecule has 138 valence electrons. The summed E-state index contributed by atoms with van der Waals surface area (Å²) in [6.45, 7) is 5.38. The number of carboxylic acids is 1. The molecule has 0 aliphatic carbocycles. The highest BCUT2D eigenvalue weighted by Crippen LogP contribution is 2.22. The standard InChI is InChI=1S/C19H21NO4S2/c1-4-14-5-7-15(8-6-14)9-10-16-11-12-17(25-16)26(23,24)20-18(13(2)3)19(21)22/h5-8,11-13,18,20H,4H2,1-3H3,(H,21,22)/t18-/m0/s1. The van der Waals surface area contributed by atoms with Crippen LogP contribution in [0, 0.1) is 17.8 Å². The van der Waals surface area contributed by atoms with Crippen molar-refractivity contribution in [2.24, 2.45) is 5.92 Å². The summed E-state index contributed by atoms with van der Waals surface area (Å²) in [5, 5.41) is 9.16. The van der Waals surface area contributed by atoms with Crippen LogP contribution >= 0.6 is 11.3 Å². The summed E-state index contributed by atoms with van der Waals surface area (Å²) in [5.41, 5.74) is 2.08. The summed E-state index contributed by atoms with van der Waals surface area (Å²) >= 11 is 1.02. The first-order valence-electron chi connectivity index (χ1n) is 8.19. The van der Waals surface area contributed by atoms with E-state index in [1.54, 1.807) is 19.9 Å². The minimum Gasteiger partial charge on any atom is -0.480 e. The van der Waals surface area contributed by atoms with E-state index in [2.05, 4.69) is 23.5 Å². The van der Waals surface area contributed by atoms with Gasteiger partial charge in [-0.1, -0.05) is 44.7 Å². The maximum absolute atomic E-state index is 12.4. The molecule has 1 aromatic carbocycles. The lowest BCUT2D eigenvalue weighted by Crippen LogP contribution is -2.43. The number of thiophene rings is 1. The van der Waals surface area contributed by atoms with Gasteiger partial charge in [-0.15, -0.1) is 11.3 Å². The number of aliphatic carboxylic acids is 1. The lowest BCUT2D eigenvalue weighted by molar-refractivity contribution is -0.140. The van der Waals surface area contributed by atoms with Gasteiger partial charge in [0.15, 0.2) is 0 Å². The Morgan fingerprint density at radius 1 is 1.15 bits per heavy atom. The van der Waals surface area contributed by atoms with Crippen molar-refractivity contribution in [3.8, 4) is 11.8 Å². The molecule has 0 saturated heterocycles. The van der Waals surface area contributed by atoms with Crippen molar-refractivity contribution in [3.63, 3.8) is 0 Å². The van der Waals surface area contributed by atoms with E-state index in [-0.39, 0.29) is 10.1 Å². The average molecular weight is 392 g/mol. The van der Waals surface area contributed by atoms with Crippen LogP contribution in [0.5, 0.6) is 0 Å². The van der Waals surface area contributed by atoms with Crippen molar-refractivity contribution in [3.05, 3.63) is 52.4 Å². The van der Waals surface area contributed by atoms with Crippen LogP contribution in [-0.4, -0.2) is 25.5 Å². The Balaban J connectivity index is 2.18. The van der Waals surface area contributed by atoms with E-state index in [1.807, 2.05) is 24.3 Å². The molecule has 5 nitrogen and oxygen atoms in total. The number of carbonyl (C=O) groups is 1. The normalized spacial score (nSPS) is 12.5. The number of carboxylic acid groups (broad SMARTS) is 1. The second-order valence-electron chi connectivity index (χ2n) is 6.10. The third kappa shape index (κ3) is 5.18. The molecule has 0 bridgehead atoms. The van der Waals surface area contributed by atoms with Gasteiger partial charge in [0.05, 0.1) is 4.88 Å². The van der Waals surface area contributed by atoms with Crippen LogP contribution < -0.4 is 4.72 Å². The van der Waals surface area contributed by atoms with Gasteiger partial charge in [-0.2, -0.15) is 4.72 Å². The number of aryl methyl sites for hydroxylation is 1. The number of nitrogens with one attached hydrogen (secondary N) is 1. The van der Waals surface area contributed by atoms with Crippen LogP contribution in [0.3, 0.4) is 0 Å². The van der Waals surface area contributed by atoms with Crippen LogP contribution in [0.25, 0.3) is 0 Å². The first kappa shape index (κ1) is 20.2. The summed E-state index contributed by atoms with van der Waals surface area (Å²) in [4.78, 5) is 11.8. The molecule has 0 saturated carbocycles. The third-order valence-electron chi connectivity index (χ3n) is 3.75. The van der Waals surface area contributed by atoms with Gasteiger partial charge in [-0.25, -0.2) is 8.42 Å². The average Bonchev–Trinajstić information content (AvgIpc) is 3.08. The van der Waals surface area contributed by atoms with Gasteiger partial charge in [0.2, 0.25) is 0 Å². The highest BCUT2D eigenvalue weighted by atomic mass is 32.2. The molecule has 0 spiro atoms. The molecule has 2 aromatic rings. The van der Waals surface area contributed by atoms with Crippen molar-refractivity contribution in [1.82, 2.24) is 4.72 Å². The van der Waals surface area contributed by atoms with Gasteiger partial charge >= 0.3 is 5.97 Å². The second-order valence-corrected chi connectivity index (χ2v) is 9.12. The Bertz CT molecular complexity index is 932. The largest absolute Gasteiger partial charge is 0.480 e. The molecule has 26 heavy (non-hydrogen) atoms. The number of rotatable bonds is 6. The minimum atomic E-state index is -3.90. The number of hydrogen-bond donors (Lipinski definition) is 2. The molecule has 7 heteroatoms. The first-order valence-corrected chi connectivity index (χ1v) is 10.5. The molecule has 0 aliphatic heterocycles. The maximum Gasteiger partial charge on any atom is 0.322 e. The predicted molar refractivity (Wildman–Crippen MR) is 103 cm³/mol. The van der Waals surface area contributed by atoms with Crippen LogP contribution in [0.15, 0.2) is 40.6 Å². The van der Waals surface area contributed by atoms with Gasteiger partial charge in [0, 0.05) is 5.56 Å². The van der Waals surface area contributed by atoms with Crippen molar-refractivity contribution >= 4 is 27.3 Å². The van der Waals surface area contributed by atoms with E-state index in [0.29, 0.717) is 4.88 Å². The van der Waals surface area contributed by atoms with Gasteiger partial charge in [0.1, 0.15) is 10.3 Å². The number of hydrogen-bond acceptors (Lipinski definition) is 4. The lowest BCUT2D eigenvalue weighted by Gasteiger charge is -2.17. The van der Waals surface area contributed by atoms with Crippen molar-refractivity contribution in [2.45, 2.75) is 37.4 Å². The van der Waals surface area contributed by atoms with Crippen LogP contribution in [0.4, 0.5) is 0 Å². The zero-order valence-electron chi connectivity index (χ0n) is 14.8. The maximum atomic E-state index is 12.4. The molecule has 0 unspecified atom stereocenters. The quantitative estimate of drug-likeness (QED) is 0.741. The fourth-order valence-corrected chi connectivity index (χ4v) is 4.70. The number of benzene rings is 1. The zero-order chi connectivity index (χ0) is 19.3. The fraction of sp³-hybridized carbons (Fsp3) is 0.316. The molecule has 0 aliphatic rings. The molecule has 2 N–H and O–H groups in total. The predicted octanol–water partition coefficient (Wildman–Crippen LogP) is 3.10. The molecule has 1 aromatic heterocycles. The smallest absolute Gasteiger partial charge is 0.322 e. The van der Waals surface area contributed by atoms with Gasteiger partial charge in [-0.05, 0) is 42.2 Å². The lowest BCUT2D eigenvalue weighted by atomic mass is 10.1. The Labute approximate surface area is 158 Å². The molecule has 0 fully saturated rings. The molecule has 0 amide bonds. The second kappa shape index (κ2) is 8.49. The van der Waals surface area contributed by atoms with E-state index in [0.717, 1.165) is 23.3 Å². The fourth-order valence-electron chi connectivity index (χ4n) is 2.19. The minimum absolute atomic E-state index is 0.0510. The molecular weight excluding hydrogens is 370 g/mol. The SMILES string of the molecule is CCc1ccc(C#Cc2ccc(S(=O)(=O)N[C@H](C(=O)O)C(C)C)s2)cc1. The van der Waals surface area contributed by atoms with E-state index in [4.69, 9.17) is 5.11 Å². The van der Waals surface area contributed by atoms with Crippen molar-refractivity contribution in [2.75, 3.05) is 0 Å². The molecule has 0 radical (unpaired) electrons. The molecule has 2 rings (SSSR count). The van der Waals surface area contributed by atoms with Gasteiger partial charge < -0.3 is 5.11 Å². The van der Waals surface area contributed by atoms with Crippen molar-refractivity contribution in [1.29, 1.82) is 0 Å². The third-order valence-corrected chi connectivity index (χ3v) is 6.69. The summed E-state index contributed by atoms with van der Waals surface area (Å²) in [6, 6.07) is 9.77. The van der Waals surface area contributed by atoms with E-state index in [1.165, 1.54) is 11.6 Å². The Morgan fingerprint density at radius 3 is 2.35 bits per heavy atom. The van der Waals surface area contributed by atoms with Crippen LogP contribution in [0.2, 0.25) is 0 Å². The highest BCUT2D eigenvalue weighted by Gasteiger charge is 2.28. The van der Waals surface area contributed by atoms with Gasteiger partial charge in [0.25, 0.3) is 10.0 Å². The molecule has 1 atom stereocenters. The topological polar surface area (TPSA) is 83.5 Å². The summed E-state index contributed by atoms with van der Waals surface area (Å²) in [6.07, 6.45) is 0.959. The molecule has 1 heterocycles. The Kier molecular flexibility index (Phi) is 6.59. The molecular formula is C19H21NO4S2. The highest BCUT2D eigenvalue weighted by molar-refractivity contribution is 7.91. The summed E-state index contributed by atoms with van der Waals surface area (Å²) in [7, 11) is -3.90. The summed E-state index contributed by atoms with van der Waals surface area (Å²) < 4.78 is 27.1. The van der Waals surface area contributed by atoms with Crippen LogP contribution in [0.1, 0.15) is 36.8 Å². The summed E-state index contributed by atoms with van der Waals surface area (Å²) in [5.74, 6) is 4.39. The van der Waals surface area contributed by atoms with E-state index in [9.17, 15) is 13.2 Å². The zero-order valence-corrected chi connectivity index (χ0v) is 16.4. The van der Waals surface area contributed by atoms with Gasteiger partial charge in [-0.3, -0.25) is 4.79 Å². The number of sulfonamides is 1. The van der Waals surface area contributed by atoms with E-state index >= 15 is 0 Å².